The zero-order chi connectivity index (χ0) is 28.6. The van der Waals surface area contributed by atoms with Crippen molar-refractivity contribution >= 4 is 17.9 Å². The van der Waals surface area contributed by atoms with Crippen molar-refractivity contribution in [3.8, 4) is 0 Å². The number of ether oxygens (including phenoxy) is 1. The molecule has 0 bridgehead atoms. The molecule has 4 atom stereocenters. The number of benzene rings is 2. The van der Waals surface area contributed by atoms with Crippen LogP contribution in [0.25, 0.3) is 0 Å². The van der Waals surface area contributed by atoms with Gasteiger partial charge in [0.25, 0.3) is 0 Å². The van der Waals surface area contributed by atoms with E-state index in [1.165, 1.54) is 11.1 Å². The van der Waals surface area contributed by atoms with Crippen LogP contribution in [0.15, 0.2) is 54.6 Å². The summed E-state index contributed by atoms with van der Waals surface area (Å²) in [5, 5.41) is 8.86. The van der Waals surface area contributed by atoms with E-state index in [0.717, 1.165) is 24.8 Å². The number of amides is 3. The molecule has 216 valence electrons. The molecule has 1 aliphatic carbocycles. The highest BCUT2D eigenvalue weighted by atomic mass is 16.6. The van der Waals surface area contributed by atoms with E-state index in [1.807, 2.05) is 44.2 Å². The number of alkyl carbamates (subject to hydrolysis) is 1. The number of carbonyl (C=O) groups excluding carboxylic acids is 3. The Hall–Kier alpha value is -3.43. The normalized spacial score (nSPS) is 20.8. The monoisotopic (exact) mass is 549 g/mol. The summed E-state index contributed by atoms with van der Waals surface area (Å²) < 4.78 is 5.98. The molecular formula is C31H43N5O4. The molecule has 1 unspecified atom stereocenters. The Morgan fingerprint density at radius 1 is 0.975 bits per heavy atom. The Bertz CT molecular complexity index is 1160. The van der Waals surface area contributed by atoms with Crippen LogP contribution in [0.1, 0.15) is 43.9 Å². The zero-order valence-corrected chi connectivity index (χ0v) is 24.1. The van der Waals surface area contributed by atoms with Crippen LogP contribution in [0, 0.1) is 5.92 Å². The van der Waals surface area contributed by atoms with E-state index in [0.29, 0.717) is 26.2 Å². The highest BCUT2D eigenvalue weighted by Gasteiger charge is 2.38. The fourth-order valence-corrected chi connectivity index (χ4v) is 5.39. The average molecular weight is 550 g/mol. The average Bonchev–Trinajstić information content (AvgIpc) is 2.95. The molecule has 0 spiro atoms. The second-order valence-electron chi connectivity index (χ2n) is 11.2. The third-order valence-corrected chi connectivity index (χ3v) is 7.92. The van der Waals surface area contributed by atoms with Gasteiger partial charge in [0.05, 0.1) is 12.6 Å². The minimum Gasteiger partial charge on any atom is -0.424 e. The van der Waals surface area contributed by atoms with Gasteiger partial charge >= 0.3 is 6.09 Å². The van der Waals surface area contributed by atoms with E-state index in [2.05, 4.69) is 45.1 Å². The highest BCUT2D eigenvalue weighted by Crippen LogP contribution is 2.22. The van der Waals surface area contributed by atoms with Crippen molar-refractivity contribution in [3.05, 3.63) is 71.3 Å². The van der Waals surface area contributed by atoms with E-state index in [1.54, 1.807) is 18.9 Å². The predicted molar refractivity (Wildman–Crippen MR) is 154 cm³/mol. The van der Waals surface area contributed by atoms with Crippen molar-refractivity contribution in [1.82, 2.24) is 25.8 Å². The molecule has 1 saturated heterocycles. The Morgan fingerprint density at radius 2 is 1.68 bits per heavy atom. The van der Waals surface area contributed by atoms with Gasteiger partial charge in [-0.25, -0.2) is 4.79 Å². The number of aryl methyl sites for hydroxylation is 1. The van der Waals surface area contributed by atoms with Crippen LogP contribution in [-0.4, -0.2) is 78.7 Å². The van der Waals surface area contributed by atoms with E-state index < -0.39 is 24.4 Å². The maximum atomic E-state index is 13.8. The van der Waals surface area contributed by atoms with E-state index in [9.17, 15) is 14.4 Å². The maximum absolute atomic E-state index is 13.8. The highest BCUT2D eigenvalue weighted by molar-refractivity contribution is 5.90. The minimum absolute atomic E-state index is 0.0266. The van der Waals surface area contributed by atoms with Gasteiger partial charge in [0.15, 0.2) is 6.23 Å². The molecular weight excluding hydrogens is 506 g/mol. The molecule has 9 nitrogen and oxygen atoms in total. The lowest BCUT2D eigenvalue weighted by Gasteiger charge is -2.42. The molecule has 1 fully saturated rings. The van der Waals surface area contributed by atoms with Crippen LogP contribution < -0.4 is 16.0 Å². The SMILES string of the molecule is CN[C@@H](C)C(=O)N[C@H](C(=O)N1CCN(Cc2ccccc2)C[C@@H]1OC(=O)NC1CCc2ccccc2C1)C(C)C. The second-order valence-corrected chi connectivity index (χ2v) is 11.2. The van der Waals surface area contributed by atoms with Gasteiger partial charge in [-0.3, -0.25) is 14.5 Å². The lowest BCUT2D eigenvalue weighted by atomic mass is 9.88. The summed E-state index contributed by atoms with van der Waals surface area (Å²) in [5.74, 6) is -0.625. The number of piperazine rings is 1. The Morgan fingerprint density at radius 3 is 2.38 bits per heavy atom. The van der Waals surface area contributed by atoms with Gasteiger partial charge in [-0.2, -0.15) is 0 Å². The van der Waals surface area contributed by atoms with Crippen LogP contribution in [0.4, 0.5) is 4.79 Å². The van der Waals surface area contributed by atoms with Gasteiger partial charge in [0.2, 0.25) is 11.8 Å². The van der Waals surface area contributed by atoms with Crippen molar-refractivity contribution in [2.75, 3.05) is 26.7 Å². The first-order valence-corrected chi connectivity index (χ1v) is 14.3. The third kappa shape index (κ3) is 7.61. The summed E-state index contributed by atoms with van der Waals surface area (Å²) >= 11 is 0. The van der Waals surface area contributed by atoms with E-state index >= 15 is 0 Å². The molecule has 3 N–H and O–H groups in total. The predicted octanol–water partition coefficient (Wildman–Crippen LogP) is 2.69. The van der Waals surface area contributed by atoms with E-state index in [-0.39, 0.29) is 23.8 Å². The number of fused-ring (bicyclic) bond motifs is 1. The number of hydrogen-bond acceptors (Lipinski definition) is 6. The van der Waals surface area contributed by atoms with Gasteiger partial charge in [-0.05, 0) is 55.8 Å². The molecule has 2 aromatic rings. The molecule has 1 heterocycles. The van der Waals surface area contributed by atoms with Gasteiger partial charge in [0, 0.05) is 25.7 Å². The largest absolute Gasteiger partial charge is 0.424 e. The Balaban J connectivity index is 1.47. The first-order valence-electron chi connectivity index (χ1n) is 14.3. The van der Waals surface area contributed by atoms with E-state index in [4.69, 9.17) is 4.74 Å². The molecule has 2 aromatic carbocycles. The van der Waals surface area contributed by atoms with Crippen molar-refractivity contribution in [2.24, 2.45) is 5.92 Å². The molecule has 0 aromatic heterocycles. The molecule has 3 amide bonds. The number of nitrogens with zero attached hydrogens (tertiary/aromatic N) is 2. The molecule has 4 rings (SSSR count). The van der Waals surface area contributed by atoms with Crippen molar-refractivity contribution < 1.29 is 19.1 Å². The topological polar surface area (TPSA) is 103 Å². The molecule has 2 aliphatic rings. The molecule has 9 heteroatoms. The third-order valence-electron chi connectivity index (χ3n) is 7.92. The fraction of sp³-hybridized carbons (Fsp3) is 0.516. The number of hydrogen-bond donors (Lipinski definition) is 3. The Labute approximate surface area is 237 Å². The lowest BCUT2D eigenvalue weighted by molar-refractivity contribution is -0.153. The summed E-state index contributed by atoms with van der Waals surface area (Å²) in [4.78, 5) is 43.5. The summed E-state index contributed by atoms with van der Waals surface area (Å²) in [6, 6.07) is 17.2. The first kappa shape index (κ1) is 29.6. The second kappa shape index (κ2) is 13.8. The van der Waals surface area contributed by atoms with Gasteiger partial charge in [0.1, 0.15) is 6.04 Å². The number of carbonyl (C=O) groups is 3. The lowest BCUT2D eigenvalue weighted by Crippen LogP contribution is -2.62. The molecule has 40 heavy (non-hydrogen) atoms. The van der Waals surface area contributed by atoms with Crippen LogP contribution >= 0.6 is 0 Å². The van der Waals surface area contributed by atoms with Crippen molar-refractivity contribution in [1.29, 1.82) is 0 Å². The van der Waals surface area contributed by atoms with Gasteiger partial charge < -0.3 is 25.6 Å². The van der Waals surface area contributed by atoms with Crippen molar-refractivity contribution in [2.45, 2.75) is 70.9 Å². The van der Waals surface area contributed by atoms with Crippen LogP contribution in [0.5, 0.6) is 0 Å². The summed E-state index contributed by atoms with van der Waals surface area (Å²) in [7, 11) is 1.70. The molecule has 0 saturated carbocycles. The molecule has 1 aliphatic heterocycles. The fourth-order valence-electron chi connectivity index (χ4n) is 5.39. The number of likely N-dealkylation sites (N-methyl/N-ethyl adjacent to an activating group) is 1. The number of rotatable bonds is 9. The minimum atomic E-state index is -0.777. The smallest absolute Gasteiger partial charge is 0.409 e. The standard InChI is InChI=1S/C31H43N5O4/c1-21(2)28(34-29(37)22(3)32-4)30(38)36-17-16-35(19-23-10-6-5-7-11-23)20-27(36)40-31(39)33-26-15-14-24-12-8-9-13-25(24)18-26/h5-13,21-22,26-28,32H,14-20H2,1-4H3,(H,33,39)(H,34,37)/t22-,26?,27-,28-/m0/s1. The van der Waals surface area contributed by atoms with Crippen LogP contribution in [0.3, 0.4) is 0 Å². The van der Waals surface area contributed by atoms with Gasteiger partial charge in [-0.1, -0.05) is 68.4 Å². The van der Waals surface area contributed by atoms with Crippen molar-refractivity contribution in [3.63, 3.8) is 0 Å². The number of nitrogens with one attached hydrogen (secondary N) is 3. The van der Waals surface area contributed by atoms with Crippen LogP contribution in [0.2, 0.25) is 0 Å². The summed E-state index contributed by atoms with van der Waals surface area (Å²) in [6.07, 6.45) is 1.19. The summed E-state index contributed by atoms with van der Waals surface area (Å²) in [5.41, 5.74) is 3.72. The maximum Gasteiger partial charge on any atom is 0.409 e. The van der Waals surface area contributed by atoms with Crippen LogP contribution in [-0.2, 0) is 33.7 Å². The van der Waals surface area contributed by atoms with Gasteiger partial charge in [-0.15, -0.1) is 0 Å². The summed E-state index contributed by atoms with van der Waals surface area (Å²) in [6.45, 7) is 7.65. The Kier molecular flexibility index (Phi) is 10.2. The quantitative estimate of drug-likeness (QED) is 0.445. The molecule has 0 radical (unpaired) electrons. The first-order chi connectivity index (χ1) is 19.2. The zero-order valence-electron chi connectivity index (χ0n) is 24.1.